The molecule has 4 rings (SSSR count). The van der Waals surface area contributed by atoms with Crippen LogP contribution in [0, 0.1) is 13.8 Å². The molecule has 6 heteroatoms. The van der Waals surface area contributed by atoms with Crippen LogP contribution in [0.5, 0.6) is 0 Å². The molecule has 1 saturated carbocycles. The predicted octanol–water partition coefficient (Wildman–Crippen LogP) is 7.66. The molecule has 1 aliphatic carbocycles. The Bertz CT molecular complexity index is 951. The highest BCUT2D eigenvalue weighted by molar-refractivity contribution is 14.0. The van der Waals surface area contributed by atoms with Crippen LogP contribution in [-0.4, -0.2) is 22.8 Å². The molecule has 0 bridgehead atoms. The second-order valence-corrected chi connectivity index (χ2v) is 9.36. The Morgan fingerprint density at radius 3 is 2.48 bits per heavy atom. The van der Waals surface area contributed by atoms with E-state index < -0.39 is 0 Å². The zero-order valence-electron chi connectivity index (χ0n) is 17.1. The van der Waals surface area contributed by atoms with Crippen LogP contribution in [0.1, 0.15) is 43.2 Å². The highest BCUT2D eigenvalue weighted by Crippen LogP contribution is 2.44. The van der Waals surface area contributed by atoms with Crippen LogP contribution in [0.2, 0.25) is 0 Å². The standard InChI is InChI=1S/C23H26BrN3S.HI/c1-16-8-7-9-19(14-16)27-22(28-3)26-21(23(27)12-5-4-6-13-23)25-18-11-10-17(2)20(24)15-18;/h7-11,14-15H,4-6,12-13H2,1-3H3;1H. The van der Waals surface area contributed by atoms with Gasteiger partial charge in [0.1, 0.15) is 5.54 Å². The topological polar surface area (TPSA) is 28.0 Å². The molecule has 3 nitrogen and oxygen atoms in total. The van der Waals surface area contributed by atoms with E-state index in [0.717, 1.165) is 34.0 Å². The Kier molecular flexibility index (Phi) is 7.49. The number of aryl methyl sites for hydroxylation is 2. The minimum absolute atomic E-state index is 0. The Morgan fingerprint density at radius 2 is 1.83 bits per heavy atom. The van der Waals surface area contributed by atoms with Gasteiger partial charge in [0.15, 0.2) is 11.0 Å². The van der Waals surface area contributed by atoms with Crippen LogP contribution in [0.15, 0.2) is 56.9 Å². The van der Waals surface area contributed by atoms with Crippen LogP contribution in [0.25, 0.3) is 0 Å². The summed E-state index contributed by atoms with van der Waals surface area (Å²) in [6.07, 6.45) is 8.04. The normalized spacial score (nSPS) is 19.4. The Balaban J connectivity index is 0.00000240. The van der Waals surface area contributed by atoms with Gasteiger partial charge in [-0.1, -0.05) is 65.2 Å². The molecule has 0 atom stereocenters. The van der Waals surface area contributed by atoms with Crippen molar-refractivity contribution in [2.75, 3.05) is 11.2 Å². The van der Waals surface area contributed by atoms with E-state index in [9.17, 15) is 0 Å². The van der Waals surface area contributed by atoms with E-state index in [2.05, 4.69) is 83.4 Å². The first-order chi connectivity index (χ1) is 13.5. The van der Waals surface area contributed by atoms with Gasteiger partial charge in [0.2, 0.25) is 0 Å². The molecule has 1 spiro atoms. The molecule has 0 saturated heterocycles. The van der Waals surface area contributed by atoms with Crippen LogP contribution in [0.3, 0.4) is 0 Å². The van der Waals surface area contributed by atoms with Gasteiger partial charge in [0, 0.05) is 10.2 Å². The van der Waals surface area contributed by atoms with E-state index in [4.69, 9.17) is 9.98 Å². The molecule has 0 aromatic heterocycles. The summed E-state index contributed by atoms with van der Waals surface area (Å²) in [6, 6.07) is 15.1. The molecule has 0 radical (unpaired) electrons. The summed E-state index contributed by atoms with van der Waals surface area (Å²) in [7, 11) is 0. The second-order valence-electron chi connectivity index (χ2n) is 7.73. The first kappa shape index (κ1) is 22.8. The lowest BCUT2D eigenvalue weighted by molar-refractivity contribution is 0.385. The summed E-state index contributed by atoms with van der Waals surface area (Å²) in [4.78, 5) is 12.6. The van der Waals surface area contributed by atoms with E-state index in [-0.39, 0.29) is 29.5 Å². The predicted molar refractivity (Wildman–Crippen MR) is 142 cm³/mol. The van der Waals surface area contributed by atoms with Crippen molar-refractivity contribution >= 4 is 74.0 Å². The van der Waals surface area contributed by atoms with Gasteiger partial charge in [-0.3, -0.25) is 0 Å². The number of hydrogen-bond donors (Lipinski definition) is 0. The van der Waals surface area contributed by atoms with E-state index in [1.54, 1.807) is 11.8 Å². The fourth-order valence-electron chi connectivity index (χ4n) is 4.28. The molecular formula is C23H27BrIN3S. The summed E-state index contributed by atoms with van der Waals surface area (Å²) in [5.74, 6) is 0.966. The van der Waals surface area contributed by atoms with E-state index in [1.165, 1.54) is 36.1 Å². The lowest BCUT2D eigenvalue weighted by atomic mass is 9.79. The minimum Gasteiger partial charge on any atom is -0.307 e. The zero-order valence-corrected chi connectivity index (χ0v) is 21.8. The van der Waals surface area contributed by atoms with Gasteiger partial charge in [-0.15, -0.1) is 24.0 Å². The monoisotopic (exact) mass is 583 g/mol. The quantitative estimate of drug-likeness (QED) is 0.339. The summed E-state index contributed by atoms with van der Waals surface area (Å²) in [5, 5.41) is 1.05. The zero-order chi connectivity index (χ0) is 19.7. The van der Waals surface area contributed by atoms with Gasteiger partial charge in [0.05, 0.1) is 5.69 Å². The van der Waals surface area contributed by atoms with Crippen molar-refractivity contribution in [1.29, 1.82) is 0 Å². The van der Waals surface area contributed by atoms with Crippen molar-refractivity contribution in [3.8, 4) is 0 Å². The molecule has 1 heterocycles. The maximum Gasteiger partial charge on any atom is 0.170 e. The lowest BCUT2D eigenvalue weighted by Crippen LogP contribution is -2.52. The summed E-state index contributed by atoms with van der Waals surface area (Å²) in [5.41, 5.74) is 4.55. The van der Waals surface area contributed by atoms with Crippen molar-refractivity contribution in [3.05, 3.63) is 58.1 Å². The first-order valence-corrected chi connectivity index (χ1v) is 11.9. The number of halogens is 2. The third-order valence-electron chi connectivity index (χ3n) is 5.75. The van der Waals surface area contributed by atoms with Gasteiger partial charge in [0.25, 0.3) is 0 Å². The minimum atomic E-state index is -0.137. The van der Waals surface area contributed by atoms with E-state index in [1.807, 2.05) is 0 Å². The third-order valence-corrected chi connectivity index (χ3v) is 7.24. The summed E-state index contributed by atoms with van der Waals surface area (Å²) in [6.45, 7) is 4.25. The Morgan fingerprint density at radius 1 is 1.07 bits per heavy atom. The molecule has 29 heavy (non-hydrogen) atoms. The SMILES string of the molecule is CSC1=NC(=Nc2ccc(C)c(Br)c2)C2(CCCCC2)N1c1cccc(C)c1.I. The number of anilines is 1. The molecule has 2 aromatic carbocycles. The van der Waals surface area contributed by atoms with Crippen molar-refractivity contribution in [3.63, 3.8) is 0 Å². The lowest BCUT2D eigenvalue weighted by Gasteiger charge is -2.42. The molecule has 0 N–H and O–H groups in total. The molecule has 2 aliphatic rings. The number of nitrogens with zero attached hydrogens (tertiary/aromatic N) is 3. The van der Waals surface area contributed by atoms with Gasteiger partial charge in [-0.05, 0) is 68.3 Å². The molecular weight excluding hydrogens is 557 g/mol. The molecule has 2 aromatic rings. The molecule has 1 aliphatic heterocycles. The maximum absolute atomic E-state index is 5.08. The Labute approximate surface area is 203 Å². The number of rotatable bonds is 2. The average Bonchev–Trinajstić information content (AvgIpc) is 2.98. The first-order valence-electron chi connectivity index (χ1n) is 9.88. The van der Waals surface area contributed by atoms with Crippen molar-refractivity contribution in [2.24, 2.45) is 9.98 Å². The number of benzene rings is 2. The molecule has 1 fully saturated rings. The van der Waals surface area contributed by atoms with Gasteiger partial charge in [-0.25, -0.2) is 9.98 Å². The highest BCUT2D eigenvalue weighted by Gasteiger charge is 2.49. The van der Waals surface area contributed by atoms with Crippen LogP contribution < -0.4 is 4.90 Å². The number of aliphatic imine (C=N–C) groups is 2. The van der Waals surface area contributed by atoms with Gasteiger partial charge in [-0.2, -0.15) is 0 Å². The van der Waals surface area contributed by atoms with Gasteiger partial charge < -0.3 is 4.90 Å². The number of thioether (sulfide) groups is 1. The van der Waals surface area contributed by atoms with Crippen molar-refractivity contribution in [1.82, 2.24) is 0 Å². The molecule has 154 valence electrons. The van der Waals surface area contributed by atoms with Crippen molar-refractivity contribution < 1.29 is 0 Å². The average molecular weight is 584 g/mol. The van der Waals surface area contributed by atoms with E-state index in [0.29, 0.717) is 0 Å². The molecule has 0 amide bonds. The Hall–Kier alpha value is -0.860. The summed E-state index contributed by atoms with van der Waals surface area (Å²) >= 11 is 5.36. The van der Waals surface area contributed by atoms with Crippen LogP contribution in [0.4, 0.5) is 11.4 Å². The third kappa shape index (κ3) is 4.44. The van der Waals surface area contributed by atoms with E-state index >= 15 is 0 Å². The maximum atomic E-state index is 5.08. The van der Waals surface area contributed by atoms with Crippen molar-refractivity contribution in [2.45, 2.75) is 51.5 Å². The molecule has 0 unspecified atom stereocenters. The highest BCUT2D eigenvalue weighted by atomic mass is 127. The van der Waals surface area contributed by atoms with Gasteiger partial charge >= 0.3 is 0 Å². The number of amidine groups is 2. The summed E-state index contributed by atoms with van der Waals surface area (Å²) < 4.78 is 1.09. The number of hydrogen-bond acceptors (Lipinski definition) is 3. The van der Waals surface area contributed by atoms with Crippen LogP contribution >= 0.6 is 51.7 Å². The second kappa shape index (κ2) is 9.52. The fourth-order valence-corrected chi connectivity index (χ4v) is 5.28. The fraction of sp³-hybridized carbons (Fsp3) is 0.391. The smallest absolute Gasteiger partial charge is 0.170 e. The largest absolute Gasteiger partial charge is 0.307 e. The van der Waals surface area contributed by atoms with Crippen LogP contribution in [-0.2, 0) is 0 Å².